The van der Waals surface area contributed by atoms with Crippen molar-refractivity contribution in [3.05, 3.63) is 47.2 Å². The highest BCUT2D eigenvalue weighted by Gasteiger charge is 2.40. The molecule has 1 amide bonds. The molecule has 1 aromatic heterocycles. The fourth-order valence-electron chi connectivity index (χ4n) is 3.04. The lowest BCUT2D eigenvalue weighted by Crippen LogP contribution is -2.38. The maximum atomic E-state index is 12.6. The highest BCUT2D eigenvalue weighted by atomic mass is 16.9. The fraction of sp³-hybridized carbons (Fsp3) is 0.412. The Bertz CT molecular complexity index is 779. The summed E-state index contributed by atoms with van der Waals surface area (Å²) in [4.78, 5) is 12.6. The second kappa shape index (κ2) is 5.41. The van der Waals surface area contributed by atoms with Crippen molar-refractivity contribution in [1.82, 2.24) is 15.1 Å². The van der Waals surface area contributed by atoms with E-state index in [1.807, 2.05) is 25.1 Å². The Hall–Kier alpha value is -2.22. The molecule has 2 N–H and O–H groups in total. The molecule has 0 aliphatic carbocycles. The van der Waals surface area contributed by atoms with E-state index in [0.29, 0.717) is 17.9 Å². The number of hydrogen-bond acceptors (Lipinski definition) is 5. The van der Waals surface area contributed by atoms with Crippen molar-refractivity contribution in [2.24, 2.45) is 0 Å². The SMILES string of the molecule is CC1OC(n2nc3c(c2NC(=O)c2ccccc2)CNC3(C)C)O1. The number of aromatic nitrogens is 2. The number of nitrogens with zero attached hydrogens (tertiary/aromatic N) is 2. The molecule has 3 heterocycles. The summed E-state index contributed by atoms with van der Waals surface area (Å²) in [6, 6.07) is 9.10. The molecule has 7 nitrogen and oxygen atoms in total. The van der Waals surface area contributed by atoms with Crippen molar-refractivity contribution < 1.29 is 14.3 Å². The molecule has 0 saturated carbocycles. The van der Waals surface area contributed by atoms with Crippen molar-refractivity contribution in [1.29, 1.82) is 0 Å². The lowest BCUT2D eigenvalue weighted by Gasteiger charge is -2.34. The Morgan fingerprint density at radius 1 is 1.33 bits per heavy atom. The zero-order valence-electron chi connectivity index (χ0n) is 13.9. The summed E-state index contributed by atoms with van der Waals surface area (Å²) in [7, 11) is 0. The third-order valence-corrected chi connectivity index (χ3v) is 4.39. The normalized spacial score (nSPS) is 24.3. The molecule has 1 aromatic carbocycles. The second-order valence-electron chi connectivity index (χ2n) is 6.57. The van der Waals surface area contributed by atoms with Crippen LogP contribution >= 0.6 is 0 Å². The van der Waals surface area contributed by atoms with E-state index in [9.17, 15) is 4.79 Å². The summed E-state index contributed by atoms with van der Waals surface area (Å²) < 4.78 is 12.7. The first-order valence-electron chi connectivity index (χ1n) is 8.00. The molecule has 7 heteroatoms. The monoisotopic (exact) mass is 328 g/mol. The standard InChI is InChI=1S/C17H20N4O3/c1-10-23-16(24-10)21-14(12-9-18-17(2,3)13(12)20-21)19-15(22)11-7-5-4-6-8-11/h4-8,10,16,18H,9H2,1-3H3,(H,19,22). The molecule has 0 spiro atoms. The van der Waals surface area contributed by atoms with Crippen LogP contribution in [-0.2, 0) is 21.6 Å². The van der Waals surface area contributed by atoms with E-state index in [2.05, 4.69) is 29.6 Å². The van der Waals surface area contributed by atoms with E-state index in [1.165, 1.54) is 0 Å². The number of fused-ring (bicyclic) bond motifs is 1. The number of hydrogen-bond donors (Lipinski definition) is 2. The number of ether oxygens (including phenoxy) is 2. The van der Waals surface area contributed by atoms with Gasteiger partial charge in [0.25, 0.3) is 12.3 Å². The summed E-state index contributed by atoms with van der Waals surface area (Å²) in [5.74, 6) is 0.436. The van der Waals surface area contributed by atoms with Gasteiger partial charge in [0, 0.05) is 17.7 Å². The van der Waals surface area contributed by atoms with Gasteiger partial charge in [-0.05, 0) is 32.9 Å². The van der Waals surface area contributed by atoms with Crippen LogP contribution in [-0.4, -0.2) is 22.0 Å². The highest BCUT2D eigenvalue weighted by Crippen LogP contribution is 2.38. The van der Waals surface area contributed by atoms with Crippen LogP contribution in [0.4, 0.5) is 5.82 Å². The molecule has 0 atom stereocenters. The zero-order chi connectivity index (χ0) is 16.9. The molecule has 2 aromatic rings. The maximum absolute atomic E-state index is 12.6. The third-order valence-electron chi connectivity index (χ3n) is 4.39. The lowest BCUT2D eigenvalue weighted by atomic mass is 10.0. The molecule has 126 valence electrons. The molecule has 4 rings (SSSR count). The number of nitrogens with one attached hydrogen (secondary N) is 2. The van der Waals surface area contributed by atoms with Crippen molar-refractivity contribution in [2.75, 3.05) is 5.32 Å². The van der Waals surface area contributed by atoms with Gasteiger partial charge in [0.05, 0.1) is 11.2 Å². The van der Waals surface area contributed by atoms with Gasteiger partial charge in [0.2, 0.25) is 0 Å². The largest absolute Gasteiger partial charge is 0.306 e. The van der Waals surface area contributed by atoms with E-state index >= 15 is 0 Å². The van der Waals surface area contributed by atoms with E-state index in [4.69, 9.17) is 9.47 Å². The Morgan fingerprint density at radius 3 is 2.71 bits per heavy atom. The minimum Gasteiger partial charge on any atom is -0.306 e. The van der Waals surface area contributed by atoms with Gasteiger partial charge in [-0.25, -0.2) is 0 Å². The molecule has 2 aliphatic heterocycles. The van der Waals surface area contributed by atoms with Crippen LogP contribution in [0.5, 0.6) is 0 Å². The zero-order valence-corrected chi connectivity index (χ0v) is 13.9. The molecule has 24 heavy (non-hydrogen) atoms. The third kappa shape index (κ3) is 2.41. The van der Waals surface area contributed by atoms with Gasteiger partial charge in [-0.2, -0.15) is 9.78 Å². The summed E-state index contributed by atoms with van der Waals surface area (Å²) in [5, 5.41) is 11.0. The average Bonchev–Trinajstić information content (AvgIpc) is 3.03. The van der Waals surface area contributed by atoms with Crippen LogP contribution in [0.3, 0.4) is 0 Å². The van der Waals surface area contributed by atoms with Gasteiger partial charge in [-0.3, -0.25) is 4.79 Å². The predicted molar refractivity (Wildman–Crippen MR) is 87.2 cm³/mol. The van der Waals surface area contributed by atoms with Crippen molar-refractivity contribution in [3.63, 3.8) is 0 Å². The van der Waals surface area contributed by atoms with Gasteiger partial charge in [0.1, 0.15) is 5.82 Å². The number of anilines is 1. The first-order valence-corrected chi connectivity index (χ1v) is 8.00. The van der Waals surface area contributed by atoms with Gasteiger partial charge >= 0.3 is 0 Å². The van der Waals surface area contributed by atoms with Crippen LogP contribution < -0.4 is 10.6 Å². The number of amides is 1. The van der Waals surface area contributed by atoms with Gasteiger partial charge in [-0.1, -0.05) is 18.2 Å². The highest BCUT2D eigenvalue weighted by molar-refractivity contribution is 6.04. The molecule has 0 bridgehead atoms. The number of rotatable bonds is 3. The number of carbonyl (C=O) groups excluding carboxylic acids is 1. The van der Waals surface area contributed by atoms with E-state index in [-0.39, 0.29) is 17.7 Å². The minimum absolute atomic E-state index is 0.184. The summed E-state index contributed by atoms with van der Waals surface area (Å²) in [6.45, 7) is 6.57. The van der Waals surface area contributed by atoms with Crippen molar-refractivity contribution in [2.45, 2.75) is 45.6 Å². The first kappa shape index (κ1) is 15.3. The van der Waals surface area contributed by atoms with E-state index < -0.39 is 6.41 Å². The van der Waals surface area contributed by atoms with Gasteiger partial charge in [-0.15, -0.1) is 0 Å². The van der Waals surface area contributed by atoms with E-state index in [0.717, 1.165) is 11.3 Å². The van der Waals surface area contributed by atoms with Crippen molar-refractivity contribution >= 4 is 11.7 Å². The first-order chi connectivity index (χ1) is 11.5. The van der Waals surface area contributed by atoms with Crippen LogP contribution in [0.1, 0.15) is 48.8 Å². The van der Waals surface area contributed by atoms with Crippen LogP contribution in [0, 0.1) is 0 Å². The van der Waals surface area contributed by atoms with Gasteiger partial charge in [0.15, 0.2) is 6.29 Å². The summed E-state index contributed by atoms with van der Waals surface area (Å²) in [5.41, 5.74) is 2.20. The Kier molecular flexibility index (Phi) is 3.45. The van der Waals surface area contributed by atoms with E-state index in [1.54, 1.807) is 16.8 Å². The van der Waals surface area contributed by atoms with Crippen molar-refractivity contribution in [3.8, 4) is 0 Å². The maximum Gasteiger partial charge on any atom is 0.265 e. The molecule has 1 fully saturated rings. The lowest BCUT2D eigenvalue weighted by molar-refractivity contribution is -0.414. The second-order valence-corrected chi connectivity index (χ2v) is 6.57. The molecule has 2 aliphatic rings. The molecule has 0 radical (unpaired) electrons. The smallest absolute Gasteiger partial charge is 0.265 e. The fourth-order valence-corrected chi connectivity index (χ4v) is 3.04. The number of benzene rings is 1. The quantitative estimate of drug-likeness (QED) is 0.904. The van der Waals surface area contributed by atoms with Crippen LogP contribution in [0.25, 0.3) is 0 Å². The average molecular weight is 328 g/mol. The Balaban J connectivity index is 1.70. The predicted octanol–water partition coefficient (Wildman–Crippen LogP) is 2.32. The molecule has 1 saturated heterocycles. The molecule has 0 unspecified atom stereocenters. The number of carbonyl (C=O) groups is 1. The summed E-state index contributed by atoms with van der Waals surface area (Å²) in [6.07, 6.45) is -0.870. The molecular weight excluding hydrogens is 308 g/mol. The Labute approximate surface area is 139 Å². The summed E-state index contributed by atoms with van der Waals surface area (Å²) >= 11 is 0. The molecular formula is C17H20N4O3. The van der Waals surface area contributed by atoms with Gasteiger partial charge < -0.3 is 20.1 Å². The van der Waals surface area contributed by atoms with Crippen LogP contribution in [0.2, 0.25) is 0 Å². The Morgan fingerprint density at radius 2 is 2.04 bits per heavy atom. The minimum atomic E-state index is -0.604. The van der Waals surface area contributed by atoms with Crippen LogP contribution in [0.15, 0.2) is 30.3 Å². The topological polar surface area (TPSA) is 77.4 Å².